The van der Waals surface area contributed by atoms with E-state index in [0.717, 1.165) is 6.42 Å². The summed E-state index contributed by atoms with van der Waals surface area (Å²) in [5.74, 6) is -5.67. The predicted octanol–water partition coefficient (Wildman–Crippen LogP) is 1.90. The molecular weight excluding hydrogens is 750 g/mol. The first kappa shape index (κ1) is 53.7. The minimum absolute atomic E-state index is 0.0448. The third kappa shape index (κ3) is 22.0. The van der Waals surface area contributed by atoms with Gasteiger partial charge in [0.25, 0.3) is 0 Å². The van der Waals surface area contributed by atoms with Gasteiger partial charge in [-0.15, -0.1) is 0 Å². The van der Waals surface area contributed by atoms with Gasteiger partial charge in [-0.25, -0.2) is 0 Å². The highest BCUT2D eigenvalue weighted by molar-refractivity contribution is 5.97. The molecule has 0 aromatic heterocycles. The summed E-state index contributed by atoms with van der Waals surface area (Å²) in [4.78, 5) is 105. The number of carbonyl (C=O) groups excluding carboxylic acids is 7. The predicted molar refractivity (Wildman–Crippen MR) is 221 cm³/mol. The Morgan fingerprint density at radius 3 is 1.05 bits per heavy atom. The molecule has 334 valence electrons. The van der Waals surface area contributed by atoms with Gasteiger partial charge in [0.2, 0.25) is 41.4 Å². The molecule has 0 aliphatic rings. The van der Waals surface area contributed by atoms with Crippen molar-refractivity contribution in [3.63, 3.8) is 0 Å². The zero-order valence-electron chi connectivity index (χ0n) is 37.1. The fourth-order valence-corrected chi connectivity index (χ4v) is 5.99. The number of nitrogens with one attached hydrogen (secondary N) is 7. The third-order valence-corrected chi connectivity index (χ3v) is 9.11. The summed E-state index contributed by atoms with van der Waals surface area (Å²) in [6, 6.07) is -8.11. The van der Waals surface area contributed by atoms with Gasteiger partial charge in [-0.3, -0.25) is 38.4 Å². The van der Waals surface area contributed by atoms with E-state index >= 15 is 0 Å². The van der Waals surface area contributed by atoms with Crippen LogP contribution >= 0.6 is 0 Å². The van der Waals surface area contributed by atoms with E-state index in [4.69, 9.17) is 0 Å². The average molecular weight is 826 g/mol. The number of carboxylic acid groups (broad SMARTS) is 1. The first-order valence-corrected chi connectivity index (χ1v) is 20.8. The van der Waals surface area contributed by atoms with Gasteiger partial charge >= 0.3 is 5.97 Å². The molecule has 0 aliphatic heterocycles. The van der Waals surface area contributed by atoms with Crippen LogP contribution in [0, 0.1) is 29.6 Å². The van der Waals surface area contributed by atoms with Crippen molar-refractivity contribution in [2.24, 2.45) is 29.6 Å². The quantitative estimate of drug-likeness (QED) is 0.0581. The van der Waals surface area contributed by atoms with Crippen molar-refractivity contribution in [3.05, 3.63) is 0 Å². The molecule has 0 unspecified atom stereocenters. The Hall–Kier alpha value is -4.28. The molecule has 0 spiro atoms. The summed E-state index contributed by atoms with van der Waals surface area (Å²) in [7, 11) is 0. The van der Waals surface area contributed by atoms with E-state index in [0.29, 0.717) is 12.3 Å². The molecule has 58 heavy (non-hydrogen) atoms. The molecule has 0 radical (unpaired) electrons. The van der Waals surface area contributed by atoms with Gasteiger partial charge in [0.15, 0.2) is 0 Å². The second kappa shape index (κ2) is 26.7. The highest BCUT2D eigenvalue weighted by Crippen LogP contribution is 2.13. The zero-order chi connectivity index (χ0) is 45.0. The van der Waals surface area contributed by atoms with Crippen LogP contribution in [0.4, 0.5) is 0 Å². The molecule has 9 N–H and O–H groups in total. The standard InChI is InChI=1S/C41H75N7O10/c1-21(2)15-14-16-33(50)48-34(28(13)49)40(56)42-26(11)35(51)44-30(18-23(5)6)37(53)46-32(20-25(9)10)39(55)47-31(19-24(7)8)38(54)45-29(17-22(3)4)36(52)43-27(12)41(57)58/h21-32,34,49H,14-20H2,1-13H3,(H,42,56)(H,43,52)(H,44,51)(H,45,54)(H,46,53)(H,47,55)(H,48,50)(H,57,58)/t26-,27-,28+,29-,30-,31+,32+,34-/m0/s1. The van der Waals surface area contributed by atoms with E-state index in [1.807, 2.05) is 69.2 Å². The Balaban J connectivity index is 6.08. The first-order valence-electron chi connectivity index (χ1n) is 20.8. The van der Waals surface area contributed by atoms with Gasteiger partial charge in [-0.1, -0.05) is 75.7 Å². The fourth-order valence-electron chi connectivity index (χ4n) is 5.99. The van der Waals surface area contributed by atoms with Crippen molar-refractivity contribution in [1.29, 1.82) is 0 Å². The van der Waals surface area contributed by atoms with Crippen LogP contribution in [0.2, 0.25) is 0 Å². The molecule has 17 nitrogen and oxygen atoms in total. The number of carbonyl (C=O) groups is 8. The number of aliphatic hydroxyl groups excluding tert-OH is 1. The van der Waals surface area contributed by atoms with Crippen LogP contribution < -0.4 is 37.2 Å². The van der Waals surface area contributed by atoms with Crippen LogP contribution in [-0.2, 0) is 38.4 Å². The number of aliphatic carboxylic acids is 1. The largest absolute Gasteiger partial charge is 0.480 e. The molecule has 0 heterocycles. The van der Waals surface area contributed by atoms with Crippen molar-refractivity contribution in [2.45, 2.75) is 183 Å². The third-order valence-electron chi connectivity index (χ3n) is 9.11. The summed E-state index contributed by atoms with van der Waals surface area (Å²) in [5, 5.41) is 37.8. The van der Waals surface area contributed by atoms with Crippen molar-refractivity contribution in [2.75, 3.05) is 0 Å². The van der Waals surface area contributed by atoms with Crippen molar-refractivity contribution < 1.29 is 48.6 Å². The molecule has 17 heteroatoms. The topological polar surface area (TPSA) is 261 Å². The molecular formula is C41H75N7O10. The average Bonchev–Trinajstić information content (AvgIpc) is 3.07. The van der Waals surface area contributed by atoms with Gasteiger partial charge in [0.1, 0.15) is 42.3 Å². The SMILES string of the molecule is CC(C)CCCC(=O)N[C@H](C(=O)N[C@@H](C)C(=O)N[C@@H](CC(C)C)C(=O)N[C@H](CC(C)C)C(=O)N[C@H](CC(C)C)C(=O)N[C@@H](CC(C)C)C(=O)N[C@@H](C)C(=O)O)[C@@H](C)O. The Bertz CT molecular complexity index is 1370. The summed E-state index contributed by atoms with van der Waals surface area (Å²) < 4.78 is 0. The van der Waals surface area contributed by atoms with Crippen molar-refractivity contribution >= 4 is 47.3 Å². The van der Waals surface area contributed by atoms with E-state index in [1.54, 1.807) is 0 Å². The highest BCUT2D eigenvalue weighted by Gasteiger charge is 2.34. The highest BCUT2D eigenvalue weighted by atomic mass is 16.4. The van der Waals surface area contributed by atoms with Crippen LogP contribution in [0.15, 0.2) is 0 Å². The maximum Gasteiger partial charge on any atom is 0.325 e. The van der Waals surface area contributed by atoms with Crippen LogP contribution in [0.25, 0.3) is 0 Å². The van der Waals surface area contributed by atoms with Crippen LogP contribution in [0.1, 0.15) is 135 Å². The molecule has 7 amide bonds. The molecule has 0 bridgehead atoms. The smallest absolute Gasteiger partial charge is 0.325 e. The lowest BCUT2D eigenvalue weighted by Crippen LogP contribution is -2.60. The van der Waals surface area contributed by atoms with Crippen LogP contribution in [-0.4, -0.2) is 106 Å². The Morgan fingerprint density at radius 1 is 0.414 bits per heavy atom. The van der Waals surface area contributed by atoms with E-state index < -0.39 is 95.7 Å². The second-order valence-electron chi connectivity index (χ2n) is 17.6. The molecule has 0 saturated carbocycles. The maximum absolute atomic E-state index is 13.9. The Morgan fingerprint density at radius 2 is 0.741 bits per heavy atom. The van der Waals surface area contributed by atoms with Gasteiger partial charge in [0, 0.05) is 6.42 Å². The fraction of sp³-hybridized carbons (Fsp3) is 0.805. The molecule has 0 rings (SSSR count). The molecule has 8 atom stereocenters. The number of carboxylic acids is 1. The van der Waals surface area contributed by atoms with Crippen LogP contribution in [0.3, 0.4) is 0 Å². The number of hydrogen-bond acceptors (Lipinski definition) is 9. The van der Waals surface area contributed by atoms with Gasteiger partial charge < -0.3 is 47.4 Å². The normalized spacial score (nSPS) is 15.7. The van der Waals surface area contributed by atoms with Gasteiger partial charge in [-0.2, -0.15) is 0 Å². The molecule has 0 aliphatic carbocycles. The number of amides is 7. The summed E-state index contributed by atoms with van der Waals surface area (Å²) >= 11 is 0. The summed E-state index contributed by atoms with van der Waals surface area (Å²) in [5.41, 5.74) is 0. The molecule has 0 saturated heterocycles. The van der Waals surface area contributed by atoms with Gasteiger partial charge in [-0.05, 0) is 82.5 Å². The lowest BCUT2D eigenvalue weighted by atomic mass is 9.98. The minimum Gasteiger partial charge on any atom is -0.480 e. The van der Waals surface area contributed by atoms with E-state index in [-0.39, 0.29) is 55.8 Å². The zero-order valence-corrected chi connectivity index (χ0v) is 37.1. The molecule has 0 aromatic rings. The van der Waals surface area contributed by atoms with Gasteiger partial charge in [0.05, 0.1) is 6.10 Å². The lowest BCUT2D eigenvalue weighted by Gasteiger charge is -2.29. The van der Waals surface area contributed by atoms with E-state index in [2.05, 4.69) is 37.2 Å². The van der Waals surface area contributed by atoms with E-state index in [1.165, 1.54) is 20.8 Å². The summed E-state index contributed by atoms with van der Waals surface area (Å²) in [6.45, 7) is 22.9. The number of rotatable bonds is 27. The first-order chi connectivity index (χ1) is 26.7. The second-order valence-corrected chi connectivity index (χ2v) is 17.6. The van der Waals surface area contributed by atoms with Crippen LogP contribution in [0.5, 0.6) is 0 Å². The summed E-state index contributed by atoms with van der Waals surface area (Å²) in [6.07, 6.45) is 1.09. The van der Waals surface area contributed by atoms with Crippen molar-refractivity contribution in [1.82, 2.24) is 37.2 Å². The molecule has 0 fully saturated rings. The Labute approximate surface area is 345 Å². The lowest BCUT2D eigenvalue weighted by molar-refractivity contribution is -0.142. The monoisotopic (exact) mass is 826 g/mol. The Kier molecular flexibility index (Phi) is 24.7. The van der Waals surface area contributed by atoms with Crippen molar-refractivity contribution in [3.8, 4) is 0 Å². The van der Waals surface area contributed by atoms with E-state index in [9.17, 15) is 48.6 Å². The number of aliphatic hydroxyl groups is 1. The maximum atomic E-state index is 13.9. The minimum atomic E-state index is -1.31. The number of hydrogen-bond donors (Lipinski definition) is 9. The molecule has 0 aromatic carbocycles.